The molecular weight excluding hydrogens is 422 g/mol. The summed E-state index contributed by atoms with van der Waals surface area (Å²) in [4.78, 5) is 38.0. The lowest BCUT2D eigenvalue weighted by atomic mass is 10.1. The number of piperidine rings is 1. The first-order chi connectivity index (χ1) is 15.4. The van der Waals surface area contributed by atoms with Crippen LogP contribution in [0.3, 0.4) is 0 Å². The van der Waals surface area contributed by atoms with Gasteiger partial charge in [-0.1, -0.05) is 12.1 Å². The number of carbonyl (C=O) groups excluding carboxylic acids is 2. The van der Waals surface area contributed by atoms with Gasteiger partial charge in [0, 0.05) is 30.1 Å². The van der Waals surface area contributed by atoms with E-state index in [1.165, 1.54) is 17.6 Å². The molecule has 0 saturated carbocycles. The monoisotopic (exact) mass is 451 g/mol. The van der Waals surface area contributed by atoms with Crippen LogP contribution in [0.4, 0.5) is 5.82 Å². The second kappa shape index (κ2) is 9.65. The van der Waals surface area contributed by atoms with Crippen molar-refractivity contribution in [1.82, 2.24) is 20.2 Å². The fraction of sp³-hybridized carbons (Fsp3) is 0.417. The number of rotatable bonds is 6. The van der Waals surface area contributed by atoms with Gasteiger partial charge < -0.3 is 15.5 Å². The SMILES string of the molecule is Cc1sc2ncnc(N[C@@H](C)C(=O)NCc3ccc(C(=O)N4CCCCC4)cc3)c2c1C. The summed E-state index contributed by atoms with van der Waals surface area (Å²) in [7, 11) is 0. The Hall–Kier alpha value is -3.00. The number of aryl methyl sites for hydroxylation is 2. The maximum Gasteiger partial charge on any atom is 0.253 e. The molecule has 3 aromatic rings. The molecule has 1 saturated heterocycles. The molecule has 2 amide bonds. The van der Waals surface area contributed by atoms with Crippen LogP contribution in [0.1, 0.15) is 52.5 Å². The van der Waals surface area contributed by atoms with Crippen LogP contribution in [0.25, 0.3) is 10.2 Å². The first-order valence-electron chi connectivity index (χ1n) is 11.1. The van der Waals surface area contributed by atoms with Crippen LogP contribution in [0.5, 0.6) is 0 Å². The normalized spacial score (nSPS) is 14.9. The Kier molecular flexibility index (Phi) is 6.69. The minimum atomic E-state index is -0.451. The molecule has 2 aromatic heterocycles. The number of benzene rings is 1. The standard InChI is InChI=1S/C24H29N5O2S/c1-15-17(3)32-23-20(15)21(26-14-27-23)28-16(2)22(30)25-13-18-7-9-19(10-8-18)24(31)29-11-5-4-6-12-29/h7-10,14,16H,4-6,11-13H2,1-3H3,(H,25,30)(H,26,27,28)/t16-/m0/s1. The lowest BCUT2D eigenvalue weighted by molar-refractivity contribution is -0.121. The number of likely N-dealkylation sites (tertiary alicyclic amines) is 1. The summed E-state index contributed by atoms with van der Waals surface area (Å²) in [6.07, 6.45) is 4.88. The smallest absolute Gasteiger partial charge is 0.253 e. The minimum Gasteiger partial charge on any atom is -0.358 e. The van der Waals surface area contributed by atoms with Gasteiger partial charge in [-0.25, -0.2) is 9.97 Å². The highest BCUT2D eigenvalue weighted by Gasteiger charge is 2.19. The van der Waals surface area contributed by atoms with Gasteiger partial charge in [-0.05, 0) is 63.3 Å². The molecule has 1 aromatic carbocycles. The molecule has 1 fully saturated rings. The van der Waals surface area contributed by atoms with Gasteiger partial charge in [0.1, 0.15) is 23.0 Å². The van der Waals surface area contributed by atoms with Crippen molar-refractivity contribution >= 4 is 39.2 Å². The van der Waals surface area contributed by atoms with Crippen LogP contribution in [0, 0.1) is 13.8 Å². The zero-order chi connectivity index (χ0) is 22.7. The molecule has 0 spiro atoms. The molecule has 3 heterocycles. The average Bonchev–Trinajstić information content (AvgIpc) is 3.12. The average molecular weight is 452 g/mol. The van der Waals surface area contributed by atoms with E-state index in [-0.39, 0.29) is 11.8 Å². The Bertz CT molecular complexity index is 1120. The molecule has 168 valence electrons. The van der Waals surface area contributed by atoms with Gasteiger partial charge in [-0.3, -0.25) is 9.59 Å². The number of fused-ring (bicyclic) bond motifs is 1. The third-order valence-electron chi connectivity index (χ3n) is 6.02. The van der Waals surface area contributed by atoms with Crippen molar-refractivity contribution in [3.05, 3.63) is 52.2 Å². The van der Waals surface area contributed by atoms with Crippen molar-refractivity contribution in [3.8, 4) is 0 Å². The highest BCUT2D eigenvalue weighted by atomic mass is 32.1. The van der Waals surface area contributed by atoms with Crippen LogP contribution in [-0.2, 0) is 11.3 Å². The van der Waals surface area contributed by atoms with E-state index in [0.29, 0.717) is 17.9 Å². The third-order valence-corrected chi connectivity index (χ3v) is 7.14. The van der Waals surface area contributed by atoms with E-state index in [9.17, 15) is 9.59 Å². The fourth-order valence-corrected chi connectivity index (χ4v) is 4.95. The van der Waals surface area contributed by atoms with Crippen molar-refractivity contribution < 1.29 is 9.59 Å². The quantitative estimate of drug-likeness (QED) is 0.590. The topological polar surface area (TPSA) is 87.2 Å². The summed E-state index contributed by atoms with van der Waals surface area (Å²) in [6, 6.07) is 7.05. The van der Waals surface area contributed by atoms with E-state index in [4.69, 9.17) is 0 Å². The number of nitrogens with zero attached hydrogens (tertiary/aromatic N) is 3. The van der Waals surface area contributed by atoms with Gasteiger partial charge >= 0.3 is 0 Å². The fourth-order valence-electron chi connectivity index (χ4n) is 3.95. The van der Waals surface area contributed by atoms with E-state index in [1.807, 2.05) is 43.0 Å². The second-order valence-corrected chi connectivity index (χ2v) is 9.52. The molecule has 0 radical (unpaired) electrons. The van der Waals surface area contributed by atoms with Crippen molar-refractivity contribution in [2.45, 2.75) is 52.6 Å². The molecule has 0 bridgehead atoms. The predicted octanol–water partition coefficient (Wildman–Crippen LogP) is 4.05. The van der Waals surface area contributed by atoms with E-state index in [0.717, 1.165) is 47.3 Å². The number of thiophene rings is 1. The van der Waals surface area contributed by atoms with Crippen LogP contribution >= 0.6 is 11.3 Å². The Morgan fingerprint density at radius 3 is 2.53 bits per heavy atom. The molecule has 7 nitrogen and oxygen atoms in total. The first kappa shape index (κ1) is 22.2. The number of aromatic nitrogens is 2. The highest BCUT2D eigenvalue weighted by Crippen LogP contribution is 2.32. The van der Waals surface area contributed by atoms with E-state index in [2.05, 4.69) is 27.5 Å². The van der Waals surface area contributed by atoms with Gasteiger partial charge in [0.25, 0.3) is 5.91 Å². The Balaban J connectivity index is 1.34. The van der Waals surface area contributed by atoms with Gasteiger partial charge in [-0.2, -0.15) is 0 Å². The molecule has 32 heavy (non-hydrogen) atoms. The maximum atomic E-state index is 12.7. The summed E-state index contributed by atoms with van der Waals surface area (Å²) in [5.74, 6) is 0.656. The number of nitrogens with one attached hydrogen (secondary N) is 2. The van der Waals surface area contributed by atoms with Gasteiger partial charge in [0.05, 0.1) is 5.39 Å². The van der Waals surface area contributed by atoms with E-state index >= 15 is 0 Å². The first-order valence-corrected chi connectivity index (χ1v) is 11.9. The lowest BCUT2D eigenvalue weighted by Crippen LogP contribution is -2.37. The summed E-state index contributed by atoms with van der Waals surface area (Å²) in [5, 5.41) is 7.17. The van der Waals surface area contributed by atoms with Crippen LogP contribution < -0.4 is 10.6 Å². The molecule has 0 aliphatic carbocycles. The number of amides is 2. The molecule has 8 heteroatoms. The minimum absolute atomic E-state index is 0.0910. The largest absolute Gasteiger partial charge is 0.358 e. The van der Waals surface area contributed by atoms with Gasteiger partial charge in [0.15, 0.2) is 0 Å². The summed E-state index contributed by atoms with van der Waals surface area (Å²) < 4.78 is 0. The number of hydrogen-bond acceptors (Lipinski definition) is 6. The molecule has 2 N–H and O–H groups in total. The third kappa shape index (κ3) is 4.75. The maximum absolute atomic E-state index is 12.7. The van der Waals surface area contributed by atoms with Crippen molar-refractivity contribution in [2.24, 2.45) is 0 Å². The van der Waals surface area contributed by atoms with Gasteiger partial charge in [0.2, 0.25) is 5.91 Å². The van der Waals surface area contributed by atoms with Crippen molar-refractivity contribution in [2.75, 3.05) is 18.4 Å². The van der Waals surface area contributed by atoms with Gasteiger partial charge in [-0.15, -0.1) is 11.3 Å². The van der Waals surface area contributed by atoms with Crippen LogP contribution in [0.2, 0.25) is 0 Å². The molecular formula is C24H29N5O2S. The predicted molar refractivity (Wildman–Crippen MR) is 128 cm³/mol. The zero-order valence-corrected chi connectivity index (χ0v) is 19.6. The Morgan fingerprint density at radius 1 is 1.09 bits per heavy atom. The Labute approximate surface area is 192 Å². The number of carbonyl (C=O) groups is 2. The molecule has 4 rings (SSSR count). The highest BCUT2D eigenvalue weighted by molar-refractivity contribution is 7.18. The summed E-state index contributed by atoms with van der Waals surface area (Å²) >= 11 is 1.63. The zero-order valence-electron chi connectivity index (χ0n) is 18.8. The number of anilines is 1. The number of hydrogen-bond donors (Lipinski definition) is 2. The molecule has 1 aliphatic rings. The lowest BCUT2D eigenvalue weighted by Gasteiger charge is -2.26. The van der Waals surface area contributed by atoms with Crippen molar-refractivity contribution in [1.29, 1.82) is 0 Å². The molecule has 1 atom stereocenters. The molecule has 0 unspecified atom stereocenters. The van der Waals surface area contributed by atoms with Crippen LogP contribution in [0.15, 0.2) is 30.6 Å². The van der Waals surface area contributed by atoms with E-state index in [1.54, 1.807) is 11.3 Å². The summed E-state index contributed by atoms with van der Waals surface area (Å²) in [5.41, 5.74) is 2.79. The van der Waals surface area contributed by atoms with Crippen molar-refractivity contribution in [3.63, 3.8) is 0 Å². The molecule has 1 aliphatic heterocycles. The second-order valence-electron chi connectivity index (χ2n) is 8.32. The van der Waals surface area contributed by atoms with E-state index < -0.39 is 6.04 Å². The van der Waals surface area contributed by atoms with Crippen LogP contribution in [-0.4, -0.2) is 45.8 Å². The summed E-state index contributed by atoms with van der Waals surface area (Å²) in [6.45, 7) is 8.01. The Morgan fingerprint density at radius 2 is 1.81 bits per heavy atom.